The summed E-state index contributed by atoms with van der Waals surface area (Å²) in [7, 11) is 0. The third kappa shape index (κ3) is 4.32. The summed E-state index contributed by atoms with van der Waals surface area (Å²) in [6.45, 7) is 2.08. The van der Waals surface area contributed by atoms with Gasteiger partial charge < -0.3 is 10.2 Å². The van der Waals surface area contributed by atoms with Gasteiger partial charge in [-0.3, -0.25) is 14.9 Å². The quantitative estimate of drug-likeness (QED) is 0.612. The van der Waals surface area contributed by atoms with E-state index in [0.29, 0.717) is 5.69 Å². The van der Waals surface area contributed by atoms with Crippen LogP contribution in [0.15, 0.2) is 42.5 Å². The molecule has 136 valence electrons. The minimum atomic E-state index is -0.590. The average molecular weight is 374 g/mol. The van der Waals surface area contributed by atoms with E-state index in [0.717, 1.165) is 18.8 Å². The van der Waals surface area contributed by atoms with Crippen molar-refractivity contribution in [3.05, 3.63) is 63.2 Å². The maximum absolute atomic E-state index is 12.4. The monoisotopic (exact) mass is 373 g/mol. The van der Waals surface area contributed by atoms with Crippen LogP contribution in [0.1, 0.15) is 36.0 Å². The van der Waals surface area contributed by atoms with Crippen LogP contribution in [-0.2, 0) is 0 Å². The molecule has 6 nitrogen and oxygen atoms in total. The van der Waals surface area contributed by atoms with E-state index < -0.39 is 10.8 Å². The molecule has 0 bridgehead atoms. The first-order valence-corrected chi connectivity index (χ1v) is 9.03. The molecular formula is C19H20ClN3O3. The molecule has 0 spiro atoms. The highest BCUT2D eigenvalue weighted by atomic mass is 35.5. The molecule has 1 fully saturated rings. The maximum Gasteiger partial charge on any atom is 0.282 e. The molecule has 0 saturated carbocycles. The Kier molecular flexibility index (Phi) is 5.73. The Labute approximate surface area is 156 Å². The summed E-state index contributed by atoms with van der Waals surface area (Å²) in [6, 6.07) is 11.5. The van der Waals surface area contributed by atoms with E-state index in [1.165, 1.54) is 43.9 Å². The zero-order valence-corrected chi connectivity index (χ0v) is 15.0. The zero-order valence-electron chi connectivity index (χ0n) is 14.3. The van der Waals surface area contributed by atoms with Crippen molar-refractivity contribution >= 4 is 34.6 Å². The van der Waals surface area contributed by atoms with Gasteiger partial charge in [0.05, 0.1) is 4.92 Å². The number of benzene rings is 2. The molecule has 0 atom stereocenters. The van der Waals surface area contributed by atoms with Gasteiger partial charge >= 0.3 is 0 Å². The highest BCUT2D eigenvalue weighted by Gasteiger charge is 2.20. The number of nitrogens with one attached hydrogen (secondary N) is 1. The fourth-order valence-electron chi connectivity index (χ4n) is 3.13. The summed E-state index contributed by atoms with van der Waals surface area (Å²) in [4.78, 5) is 25.3. The van der Waals surface area contributed by atoms with Gasteiger partial charge in [0.25, 0.3) is 11.6 Å². The van der Waals surface area contributed by atoms with Crippen molar-refractivity contribution in [3.63, 3.8) is 0 Å². The van der Waals surface area contributed by atoms with E-state index >= 15 is 0 Å². The molecule has 2 aromatic rings. The number of hydrogen-bond donors (Lipinski definition) is 1. The number of rotatable bonds is 4. The molecule has 1 aliphatic heterocycles. The number of carbonyl (C=O) groups excluding carboxylic acids is 1. The Bertz CT molecular complexity index is 800. The molecule has 0 aliphatic carbocycles. The predicted molar refractivity (Wildman–Crippen MR) is 103 cm³/mol. The average Bonchev–Trinajstić information content (AvgIpc) is 2.91. The van der Waals surface area contributed by atoms with Crippen LogP contribution in [0, 0.1) is 10.1 Å². The van der Waals surface area contributed by atoms with Crippen molar-refractivity contribution in [2.75, 3.05) is 23.3 Å². The number of amides is 1. The Morgan fingerprint density at radius 3 is 2.31 bits per heavy atom. The summed E-state index contributed by atoms with van der Waals surface area (Å²) in [5.41, 5.74) is 1.38. The first kappa shape index (κ1) is 18.2. The fourth-order valence-corrected chi connectivity index (χ4v) is 3.30. The molecule has 0 unspecified atom stereocenters. The lowest BCUT2D eigenvalue weighted by Gasteiger charge is -2.22. The minimum absolute atomic E-state index is 0.0564. The SMILES string of the molecule is O=C(Nc1ccc(N2CCCCCC2)cc1)c1cc(Cl)ccc1[N+](=O)[O-]. The predicted octanol–water partition coefficient (Wildman–Crippen LogP) is 4.88. The zero-order chi connectivity index (χ0) is 18.5. The lowest BCUT2D eigenvalue weighted by atomic mass is 10.1. The van der Waals surface area contributed by atoms with Gasteiger partial charge in [-0.2, -0.15) is 0 Å². The molecule has 0 radical (unpaired) electrons. The smallest absolute Gasteiger partial charge is 0.282 e. The van der Waals surface area contributed by atoms with Crippen molar-refractivity contribution < 1.29 is 9.72 Å². The minimum Gasteiger partial charge on any atom is -0.372 e. The lowest BCUT2D eigenvalue weighted by Crippen LogP contribution is -2.23. The van der Waals surface area contributed by atoms with Crippen LogP contribution in [0.5, 0.6) is 0 Å². The van der Waals surface area contributed by atoms with Gasteiger partial charge in [0.15, 0.2) is 0 Å². The number of halogens is 1. The Hall–Kier alpha value is -2.60. The maximum atomic E-state index is 12.4. The number of hydrogen-bond acceptors (Lipinski definition) is 4. The van der Waals surface area contributed by atoms with Crippen molar-refractivity contribution in [1.82, 2.24) is 0 Å². The first-order chi connectivity index (χ1) is 12.5. The third-order valence-corrected chi connectivity index (χ3v) is 4.73. The van der Waals surface area contributed by atoms with Crippen LogP contribution in [0.25, 0.3) is 0 Å². The van der Waals surface area contributed by atoms with Gasteiger partial charge in [-0.15, -0.1) is 0 Å². The van der Waals surface area contributed by atoms with Gasteiger partial charge in [-0.1, -0.05) is 24.4 Å². The normalized spacial score (nSPS) is 14.6. The summed E-state index contributed by atoms with van der Waals surface area (Å²) in [5.74, 6) is -0.554. The number of anilines is 2. The van der Waals surface area contributed by atoms with Crippen molar-refractivity contribution in [2.45, 2.75) is 25.7 Å². The highest BCUT2D eigenvalue weighted by Crippen LogP contribution is 2.25. The van der Waals surface area contributed by atoms with Crippen LogP contribution in [-0.4, -0.2) is 23.9 Å². The highest BCUT2D eigenvalue weighted by molar-refractivity contribution is 6.31. The Morgan fingerprint density at radius 1 is 1.04 bits per heavy atom. The van der Waals surface area contributed by atoms with E-state index in [9.17, 15) is 14.9 Å². The molecule has 3 rings (SSSR count). The molecule has 0 aromatic heterocycles. The van der Waals surface area contributed by atoms with Crippen LogP contribution in [0.4, 0.5) is 17.1 Å². The fraction of sp³-hybridized carbons (Fsp3) is 0.316. The first-order valence-electron chi connectivity index (χ1n) is 8.65. The summed E-state index contributed by atoms with van der Waals surface area (Å²) in [6.07, 6.45) is 4.92. The molecule has 7 heteroatoms. The molecule has 2 aromatic carbocycles. The van der Waals surface area contributed by atoms with E-state index in [1.54, 1.807) is 0 Å². The molecule has 1 amide bonds. The van der Waals surface area contributed by atoms with Crippen molar-refractivity contribution in [3.8, 4) is 0 Å². The van der Waals surface area contributed by atoms with E-state index in [4.69, 9.17) is 11.6 Å². The topological polar surface area (TPSA) is 75.5 Å². The van der Waals surface area contributed by atoms with Crippen molar-refractivity contribution in [1.29, 1.82) is 0 Å². The number of nitro benzene ring substituents is 1. The van der Waals surface area contributed by atoms with Gasteiger partial charge in [0.2, 0.25) is 0 Å². The third-order valence-electron chi connectivity index (χ3n) is 4.50. The van der Waals surface area contributed by atoms with E-state index in [2.05, 4.69) is 10.2 Å². The number of nitro groups is 1. The second kappa shape index (κ2) is 8.19. The van der Waals surface area contributed by atoms with Gasteiger partial charge in [-0.05, 0) is 49.2 Å². The van der Waals surface area contributed by atoms with Gasteiger partial charge in [-0.25, -0.2) is 0 Å². The summed E-state index contributed by atoms with van der Waals surface area (Å²) < 4.78 is 0. The number of carbonyl (C=O) groups is 1. The molecular weight excluding hydrogens is 354 g/mol. The summed E-state index contributed by atoms with van der Waals surface area (Å²) >= 11 is 5.88. The van der Waals surface area contributed by atoms with Gasteiger partial charge in [0, 0.05) is 35.6 Å². The second-order valence-electron chi connectivity index (χ2n) is 6.32. The lowest BCUT2D eigenvalue weighted by molar-refractivity contribution is -0.385. The van der Waals surface area contributed by atoms with E-state index in [1.807, 2.05) is 24.3 Å². The molecule has 1 aliphatic rings. The van der Waals surface area contributed by atoms with Crippen LogP contribution in [0.3, 0.4) is 0 Å². The Morgan fingerprint density at radius 2 is 1.69 bits per heavy atom. The van der Waals surface area contributed by atoms with Gasteiger partial charge in [0.1, 0.15) is 5.56 Å². The standard InChI is InChI=1S/C19H20ClN3O3/c20-14-5-10-18(23(25)26)17(13-14)19(24)21-15-6-8-16(9-7-15)22-11-3-1-2-4-12-22/h5-10,13H,1-4,11-12H2,(H,21,24). The number of nitrogens with zero attached hydrogens (tertiary/aromatic N) is 2. The Balaban J connectivity index is 1.74. The molecule has 1 saturated heterocycles. The molecule has 1 heterocycles. The largest absolute Gasteiger partial charge is 0.372 e. The molecule has 26 heavy (non-hydrogen) atoms. The molecule has 1 N–H and O–H groups in total. The van der Waals surface area contributed by atoms with Crippen LogP contribution >= 0.6 is 11.6 Å². The van der Waals surface area contributed by atoms with Crippen LogP contribution < -0.4 is 10.2 Å². The van der Waals surface area contributed by atoms with Crippen molar-refractivity contribution in [2.24, 2.45) is 0 Å². The van der Waals surface area contributed by atoms with Crippen LogP contribution in [0.2, 0.25) is 5.02 Å². The second-order valence-corrected chi connectivity index (χ2v) is 6.76. The van der Waals surface area contributed by atoms with E-state index in [-0.39, 0.29) is 16.3 Å². The summed E-state index contributed by atoms with van der Waals surface area (Å²) in [5, 5.41) is 14.1.